The van der Waals surface area contributed by atoms with Crippen LogP contribution in [-0.2, 0) is 22.4 Å². The first-order valence-electron chi connectivity index (χ1n) is 12.6. The molecule has 1 aliphatic carbocycles. The van der Waals surface area contributed by atoms with Gasteiger partial charge in [0.1, 0.15) is 5.60 Å². The van der Waals surface area contributed by atoms with Crippen LogP contribution < -0.4 is 5.32 Å². The fourth-order valence-electron chi connectivity index (χ4n) is 4.45. The smallest absolute Gasteiger partial charge is 0.331 e. The summed E-state index contributed by atoms with van der Waals surface area (Å²) >= 11 is 6.08. The lowest BCUT2D eigenvalue weighted by Gasteiger charge is -2.19. The van der Waals surface area contributed by atoms with E-state index in [0.29, 0.717) is 23.9 Å². The van der Waals surface area contributed by atoms with Crippen LogP contribution in [0.4, 0.5) is 5.69 Å². The van der Waals surface area contributed by atoms with Crippen LogP contribution in [0.3, 0.4) is 0 Å². The zero-order chi connectivity index (χ0) is 25.4. The first kappa shape index (κ1) is 26.9. The molecule has 1 heterocycles. The van der Waals surface area contributed by atoms with Crippen LogP contribution in [0.25, 0.3) is 0 Å². The zero-order valence-corrected chi connectivity index (χ0v) is 22.1. The minimum Gasteiger partial charge on any atom is -0.457 e. The molecule has 3 rings (SSSR count). The molecule has 188 valence electrons. The molecule has 1 N–H and O–H groups in total. The summed E-state index contributed by atoms with van der Waals surface area (Å²) in [5, 5.41) is 4.27. The predicted molar refractivity (Wildman–Crippen MR) is 142 cm³/mol. The number of aromatic nitrogens is 1. The summed E-state index contributed by atoms with van der Waals surface area (Å²) in [5.74, 6) is -0.125. The maximum absolute atomic E-state index is 12.8. The maximum Gasteiger partial charge on any atom is 0.331 e. The summed E-state index contributed by atoms with van der Waals surface area (Å²) in [6.45, 7) is 7.68. The van der Waals surface area contributed by atoms with Crippen LogP contribution in [-0.4, -0.2) is 28.4 Å². The Hall–Kier alpha value is -2.66. The summed E-state index contributed by atoms with van der Waals surface area (Å²) in [7, 11) is 0. The van der Waals surface area contributed by atoms with Gasteiger partial charge in [0.15, 0.2) is 5.78 Å². The number of benzene rings is 1. The van der Waals surface area contributed by atoms with Gasteiger partial charge in [-0.05, 0) is 101 Å². The number of nitrogens with one attached hydrogen (secondary N) is 1. The molecule has 0 radical (unpaired) electrons. The van der Waals surface area contributed by atoms with Gasteiger partial charge in [-0.1, -0.05) is 24.1 Å². The van der Waals surface area contributed by atoms with Crippen LogP contribution in [0.1, 0.15) is 87.7 Å². The number of Topliss-reactive ketones (excluding diaryl/α,β-unsaturated/α-hetero) is 1. The number of aryl methyl sites for hydroxylation is 2. The van der Waals surface area contributed by atoms with Gasteiger partial charge in [-0.2, -0.15) is 0 Å². The number of allylic oxidation sites excluding steroid dienone is 1. The Kier molecular flexibility index (Phi) is 9.50. The Morgan fingerprint density at radius 2 is 1.97 bits per heavy atom. The molecule has 1 saturated carbocycles. The minimum absolute atomic E-state index is 0.130. The van der Waals surface area contributed by atoms with Crippen LogP contribution in [0.15, 0.2) is 48.3 Å². The normalized spacial score (nSPS) is 17.6. The second-order valence-electron chi connectivity index (χ2n) is 10.3. The molecule has 0 spiro atoms. The standard InChI is InChI=1S/C29H37ClN2O3/c1-5-22-17-23(30)11-13-26(22)27(33)14-10-21-15-25(19-31-18-21)32-24-8-6-7-20(9-12-24)16-28(34)35-29(2,3)4/h11,13,15-19,24,32H,5-10,12,14H2,1-4H3/b20-16+. The van der Waals surface area contributed by atoms with Crippen molar-refractivity contribution >= 4 is 29.0 Å². The molecule has 2 aromatic rings. The molecule has 0 amide bonds. The lowest BCUT2D eigenvalue weighted by atomic mass is 9.97. The maximum atomic E-state index is 12.8. The highest BCUT2D eigenvalue weighted by Crippen LogP contribution is 2.26. The fraction of sp³-hybridized carbons (Fsp3) is 0.483. The van der Waals surface area contributed by atoms with E-state index in [2.05, 4.69) is 16.4 Å². The number of esters is 1. The number of halogens is 1. The van der Waals surface area contributed by atoms with Crippen molar-refractivity contribution in [3.8, 4) is 0 Å². The van der Waals surface area contributed by atoms with Gasteiger partial charge in [0.05, 0.1) is 5.69 Å². The van der Waals surface area contributed by atoms with E-state index >= 15 is 0 Å². The average molecular weight is 497 g/mol. The van der Waals surface area contributed by atoms with Crippen LogP contribution in [0, 0.1) is 0 Å². The van der Waals surface area contributed by atoms with Crippen molar-refractivity contribution in [3.63, 3.8) is 0 Å². The molecule has 1 aromatic carbocycles. The highest BCUT2D eigenvalue weighted by atomic mass is 35.5. The van der Waals surface area contributed by atoms with E-state index < -0.39 is 5.60 Å². The molecular formula is C29H37ClN2O3. The van der Waals surface area contributed by atoms with Crippen molar-refractivity contribution < 1.29 is 14.3 Å². The Balaban J connectivity index is 1.55. The first-order chi connectivity index (χ1) is 16.6. The number of pyridine rings is 1. The van der Waals surface area contributed by atoms with Crippen molar-refractivity contribution in [2.24, 2.45) is 0 Å². The van der Waals surface area contributed by atoms with Gasteiger partial charge in [0.2, 0.25) is 0 Å². The van der Waals surface area contributed by atoms with E-state index in [0.717, 1.165) is 66.5 Å². The number of rotatable bonds is 8. The lowest BCUT2D eigenvalue weighted by molar-refractivity contribution is -0.148. The molecule has 0 aliphatic heterocycles. The molecular weight excluding hydrogens is 460 g/mol. The van der Waals surface area contributed by atoms with Gasteiger partial charge in [0, 0.05) is 41.5 Å². The third kappa shape index (κ3) is 8.81. The highest BCUT2D eigenvalue weighted by molar-refractivity contribution is 6.30. The number of nitrogens with zero attached hydrogens (tertiary/aromatic N) is 1. The van der Waals surface area contributed by atoms with Crippen LogP contribution >= 0.6 is 11.6 Å². The number of ether oxygens (including phenoxy) is 1. The molecule has 35 heavy (non-hydrogen) atoms. The molecule has 6 heteroatoms. The molecule has 1 atom stereocenters. The van der Waals surface area contributed by atoms with E-state index in [9.17, 15) is 9.59 Å². The Morgan fingerprint density at radius 1 is 1.17 bits per heavy atom. The molecule has 1 unspecified atom stereocenters. The van der Waals surface area contributed by atoms with Crippen molar-refractivity contribution in [2.45, 2.75) is 90.7 Å². The van der Waals surface area contributed by atoms with E-state index in [4.69, 9.17) is 16.3 Å². The third-order valence-corrected chi connectivity index (χ3v) is 6.38. The Labute approximate surface area is 214 Å². The first-order valence-corrected chi connectivity index (χ1v) is 12.9. The van der Waals surface area contributed by atoms with E-state index in [1.54, 1.807) is 12.1 Å². The van der Waals surface area contributed by atoms with E-state index in [-0.39, 0.29) is 11.8 Å². The van der Waals surface area contributed by atoms with Crippen LogP contribution in [0.5, 0.6) is 0 Å². The zero-order valence-electron chi connectivity index (χ0n) is 21.3. The van der Waals surface area contributed by atoms with Gasteiger partial charge in [-0.15, -0.1) is 0 Å². The monoisotopic (exact) mass is 496 g/mol. The van der Waals surface area contributed by atoms with E-state index in [1.807, 2.05) is 52.2 Å². The summed E-state index contributed by atoms with van der Waals surface area (Å²) in [4.78, 5) is 29.4. The second kappa shape index (κ2) is 12.3. The molecule has 0 bridgehead atoms. The van der Waals surface area contributed by atoms with Gasteiger partial charge in [-0.3, -0.25) is 9.78 Å². The number of hydrogen-bond donors (Lipinski definition) is 1. The quantitative estimate of drug-likeness (QED) is 0.182. The summed E-state index contributed by atoms with van der Waals surface area (Å²) < 4.78 is 5.43. The van der Waals surface area contributed by atoms with E-state index in [1.165, 1.54) is 0 Å². The van der Waals surface area contributed by atoms with Gasteiger partial charge in [-0.25, -0.2) is 4.79 Å². The lowest BCUT2D eigenvalue weighted by Crippen LogP contribution is -2.22. The van der Waals surface area contributed by atoms with Crippen molar-refractivity contribution in [1.82, 2.24) is 4.98 Å². The summed E-state index contributed by atoms with van der Waals surface area (Å²) in [6.07, 6.45) is 12.0. The molecule has 1 aromatic heterocycles. The second-order valence-corrected chi connectivity index (χ2v) is 10.7. The SMILES string of the molecule is CCc1cc(Cl)ccc1C(=O)CCc1cncc(NC2CCC/C(=C\C(=O)OC(C)(C)C)CC2)c1. The number of hydrogen-bond acceptors (Lipinski definition) is 5. The molecule has 1 aliphatic rings. The number of ketones is 1. The van der Waals surface area contributed by atoms with Crippen molar-refractivity contribution in [2.75, 3.05) is 5.32 Å². The Morgan fingerprint density at radius 3 is 2.71 bits per heavy atom. The molecule has 0 saturated heterocycles. The number of carbonyl (C=O) groups excluding carboxylic acids is 2. The van der Waals surface area contributed by atoms with Gasteiger partial charge < -0.3 is 10.1 Å². The minimum atomic E-state index is -0.474. The van der Waals surface area contributed by atoms with Gasteiger partial charge >= 0.3 is 5.97 Å². The Bertz CT molecular complexity index is 1070. The largest absolute Gasteiger partial charge is 0.457 e. The topological polar surface area (TPSA) is 68.3 Å². The van der Waals surface area contributed by atoms with Crippen molar-refractivity contribution in [1.29, 1.82) is 0 Å². The molecule has 1 fully saturated rings. The summed E-state index contributed by atoms with van der Waals surface area (Å²) in [5.41, 5.74) is 4.44. The fourth-order valence-corrected chi connectivity index (χ4v) is 4.64. The van der Waals surface area contributed by atoms with Crippen LogP contribution in [0.2, 0.25) is 5.02 Å². The number of anilines is 1. The average Bonchev–Trinajstić information content (AvgIpc) is 3.01. The van der Waals surface area contributed by atoms with Crippen molar-refractivity contribution in [3.05, 3.63) is 70.0 Å². The molecule has 5 nitrogen and oxygen atoms in total. The third-order valence-electron chi connectivity index (χ3n) is 6.15. The summed E-state index contributed by atoms with van der Waals surface area (Å²) in [6, 6.07) is 7.89. The van der Waals surface area contributed by atoms with Gasteiger partial charge in [0.25, 0.3) is 0 Å². The number of carbonyl (C=O) groups is 2. The predicted octanol–water partition coefficient (Wildman–Crippen LogP) is 7.13. The highest BCUT2D eigenvalue weighted by Gasteiger charge is 2.19.